The highest BCUT2D eigenvalue weighted by molar-refractivity contribution is 6.08. The summed E-state index contributed by atoms with van der Waals surface area (Å²) in [5.41, 5.74) is 5.07. The van der Waals surface area contributed by atoms with E-state index in [0.29, 0.717) is 18.5 Å². The second kappa shape index (κ2) is 6.69. The van der Waals surface area contributed by atoms with Crippen molar-refractivity contribution in [2.75, 3.05) is 11.4 Å². The lowest BCUT2D eigenvalue weighted by atomic mass is 9.82. The number of anilines is 1. The number of hydrogen-bond donors (Lipinski definition) is 0. The fraction of sp³-hybridized carbons (Fsp3) is 0.208. The molecular formula is C24H20N2O4. The number of carbonyl (C=O) groups excluding carboxylic acids is 2. The number of benzene rings is 2. The van der Waals surface area contributed by atoms with Crippen LogP contribution in [0.15, 0.2) is 59.4 Å². The predicted octanol–water partition coefficient (Wildman–Crippen LogP) is 3.28. The maximum absolute atomic E-state index is 13.2. The molecule has 0 spiro atoms. The largest absolute Gasteiger partial charge is 0.421 e. The first-order chi connectivity index (χ1) is 14.5. The Hall–Kier alpha value is -3.67. The van der Waals surface area contributed by atoms with Gasteiger partial charge >= 0.3 is 5.97 Å². The third-order valence-electron chi connectivity index (χ3n) is 5.94. The molecule has 0 bridgehead atoms. The summed E-state index contributed by atoms with van der Waals surface area (Å²) < 4.78 is 6.72. The van der Waals surface area contributed by atoms with Crippen molar-refractivity contribution in [2.24, 2.45) is 7.05 Å². The lowest BCUT2D eigenvalue weighted by molar-refractivity contribution is -0.132. The van der Waals surface area contributed by atoms with Gasteiger partial charge < -0.3 is 14.2 Å². The molecule has 5 rings (SSSR count). The molecule has 0 radical (unpaired) electrons. The van der Waals surface area contributed by atoms with E-state index in [2.05, 4.69) is 0 Å². The topological polar surface area (TPSA) is 68.6 Å². The van der Waals surface area contributed by atoms with E-state index < -0.39 is 5.97 Å². The highest BCUT2D eigenvalue weighted by Gasteiger charge is 2.39. The highest BCUT2D eigenvalue weighted by atomic mass is 16.5. The van der Waals surface area contributed by atoms with E-state index in [1.807, 2.05) is 53.4 Å². The van der Waals surface area contributed by atoms with Crippen LogP contribution in [0.5, 0.6) is 5.75 Å². The molecule has 0 saturated carbocycles. The first kappa shape index (κ1) is 18.4. The summed E-state index contributed by atoms with van der Waals surface area (Å²) in [6.07, 6.45) is 0.643. The number of aromatic nitrogens is 1. The van der Waals surface area contributed by atoms with Crippen LogP contribution in [-0.4, -0.2) is 23.0 Å². The van der Waals surface area contributed by atoms with Crippen LogP contribution >= 0.6 is 0 Å². The van der Waals surface area contributed by atoms with E-state index in [0.717, 1.165) is 28.1 Å². The van der Waals surface area contributed by atoms with Gasteiger partial charge in [-0.25, -0.2) is 0 Å². The molecule has 0 N–H and O–H groups in total. The minimum absolute atomic E-state index is 0.0232. The fourth-order valence-electron chi connectivity index (χ4n) is 4.64. The Balaban J connectivity index is 1.64. The minimum Gasteiger partial charge on any atom is -0.421 e. The molecule has 3 aromatic rings. The van der Waals surface area contributed by atoms with Crippen molar-refractivity contribution in [1.82, 2.24) is 4.57 Å². The Labute approximate surface area is 173 Å². The molecular weight excluding hydrogens is 380 g/mol. The van der Waals surface area contributed by atoms with Crippen LogP contribution in [0.25, 0.3) is 11.1 Å². The quantitative estimate of drug-likeness (QED) is 0.619. The zero-order valence-electron chi connectivity index (χ0n) is 16.7. The molecule has 2 aliphatic rings. The zero-order valence-corrected chi connectivity index (χ0v) is 16.7. The zero-order chi connectivity index (χ0) is 21.0. The number of amides is 1. The third kappa shape index (κ3) is 2.68. The molecule has 6 nitrogen and oxygen atoms in total. The normalized spacial score (nSPS) is 16.1. The maximum atomic E-state index is 13.2. The number of ether oxygens (including phenoxy) is 1. The van der Waals surface area contributed by atoms with Crippen LogP contribution in [0, 0.1) is 0 Å². The van der Waals surface area contributed by atoms with Gasteiger partial charge in [-0.05, 0) is 41.8 Å². The second-order valence-corrected chi connectivity index (χ2v) is 7.75. The lowest BCUT2D eigenvalue weighted by Gasteiger charge is -2.26. The van der Waals surface area contributed by atoms with Gasteiger partial charge in [-0.1, -0.05) is 30.3 Å². The van der Waals surface area contributed by atoms with Crippen molar-refractivity contribution in [3.8, 4) is 16.9 Å². The molecule has 2 heterocycles. The molecule has 1 aliphatic heterocycles. The van der Waals surface area contributed by atoms with Gasteiger partial charge in [0, 0.05) is 48.9 Å². The monoisotopic (exact) mass is 400 g/mol. The van der Waals surface area contributed by atoms with Crippen LogP contribution in [0.4, 0.5) is 5.69 Å². The predicted molar refractivity (Wildman–Crippen MR) is 113 cm³/mol. The smallest absolute Gasteiger partial charge is 0.308 e. The summed E-state index contributed by atoms with van der Waals surface area (Å²) >= 11 is 0. The molecule has 1 aromatic heterocycles. The summed E-state index contributed by atoms with van der Waals surface area (Å²) in [7, 11) is 1.70. The van der Waals surface area contributed by atoms with Crippen LogP contribution in [0.1, 0.15) is 34.5 Å². The Morgan fingerprint density at radius 3 is 2.53 bits per heavy atom. The summed E-state index contributed by atoms with van der Waals surface area (Å²) in [5.74, 6) is -0.424. The van der Waals surface area contributed by atoms with Gasteiger partial charge in [-0.2, -0.15) is 0 Å². The molecule has 0 fully saturated rings. The van der Waals surface area contributed by atoms with Crippen LogP contribution in [-0.2, 0) is 18.3 Å². The van der Waals surface area contributed by atoms with Crippen LogP contribution in [0.2, 0.25) is 0 Å². The molecule has 1 atom stereocenters. The van der Waals surface area contributed by atoms with E-state index in [1.165, 1.54) is 6.92 Å². The molecule has 6 heteroatoms. The summed E-state index contributed by atoms with van der Waals surface area (Å²) in [6.45, 7) is 1.85. The lowest BCUT2D eigenvalue weighted by Crippen LogP contribution is -2.31. The van der Waals surface area contributed by atoms with Crippen molar-refractivity contribution >= 4 is 17.6 Å². The fourth-order valence-corrected chi connectivity index (χ4v) is 4.64. The van der Waals surface area contributed by atoms with Gasteiger partial charge in [0.25, 0.3) is 11.5 Å². The van der Waals surface area contributed by atoms with Crippen molar-refractivity contribution in [3.63, 3.8) is 0 Å². The van der Waals surface area contributed by atoms with Gasteiger partial charge in [-0.3, -0.25) is 14.4 Å². The number of pyridine rings is 1. The number of carbonyl (C=O) groups is 2. The molecule has 1 aliphatic carbocycles. The van der Waals surface area contributed by atoms with Crippen molar-refractivity contribution < 1.29 is 14.3 Å². The van der Waals surface area contributed by atoms with Gasteiger partial charge in [0.05, 0.1) is 0 Å². The minimum atomic E-state index is -0.529. The number of hydrogen-bond acceptors (Lipinski definition) is 4. The maximum Gasteiger partial charge on any atom is 0.308 e. The highest BCUT2D eigenvalue weighted by Crippen LogP contribution is 2.49. The van der Waals surface area contributed by atoms with Gasteiger partial charge in [0.1, 0.15) is 0 Å². The van der Waals surface area contributed by atoms with E-state index >= 15 is 0 Å². The first-order valence-electron chi connectivity index (χ1n) is 9.87. The standard InChI is InChI=1S/C24H20N2O4/c1-14(27)30-21-12-18-17-9-6-10-19-22(17)16(11-20(18)25(2)24(21)29)13-26(19)23(28)15-7-4-3-5-8-15/h3-10,12,16H,11,13H2,1-2H3. The van der Waals surface area contributed by atoms with Crippen molar-refractivity contribution in [3.05, 3.63) is 81.8 Å². The molecule has 0 saturated heterocycles. The summed E-state index contributed by atoms with van der Waals surface area (Å²) in [6, 6.07) is 16.8. The van der Waals surface area contributed by atoms with E-state index in [1.54, 1.807) is 17.7 Å². The summed E-state index contributed by atoms with van der Waals surface area (Å²) in [4.78, 5) is 39.1. The molecule has 1 amide bonds. The molecule has 1 unspecified atom stereocenters. The SMILES string of the molecule is CC(=O)Oc1cc2c(n(C)c1=O)CC1CN(C(=O)c3ccccc3)c3cccc-2c31. The number of nitrogens with zero attached hydrogens (tertiary/aromatic N) is 2. The third-order valence-corrected chi connectivity index (χ3v) is 5.94. The second-order valence-electron chi connectivity index (χ2n) is 7.75. The average Bonchev–Trinajstić information content (AvgIpc) is 3.12. The average molecular weight is 400 g/mol. The van der Waals surface area contributed by atoms with Gasteiger partial charge in [-0.15, -0.1) is 0 Å². The van der Waals surface area contributed by atoms with Gasteiger partial charge in [0.15, 0.2) is 5.75 Å². The first-order valence-corrected chi connectivity index (χ1v) is 9.87. The number of esters is 1. The van der Waals surface area contributed by atoms with Gasteiger partial charge in [0.2, 0.25) is 0 Å². The van der Waals surface area contributed by atoms with E-state index in [-0.39, 0.29) is 23.1 Å². The van der Waals surface area contributed by atoms with Crippen molar-refractivity contribution in [2.45, 2.75) is 19.3 Å². The molecule has 150 valence electrons. The van der Waals surface area contributed by atoms with E-state index in [4.69, 9.17) is 4.74 Å². The molecule has 30 heavy (non-hydrogen) atoms. The van der Waals surface area contributed by atoms with Crippen molar-refractivity contribution in [1.29, 1.82) is 0 Å². The Kier molecular flexibility index (Phi) is 4.10. The van der Waals surface area contributed by atoms with E-state index in [9.17, 15) is 14.4 Å². The Morgan fingerprint density at radius 2 is 1.80 bits per heavy atom. The Bertz CT molecular complexity index is 1260. The Morgan fingerprint density at radius 1 is 1.03 bits per heavy atom. The van der Waals surface area contributed by atoms with Crippen LogP contribution < -0.4 is 15.2 Å². The number of rotatable bonds is 2. The number of fused-ring (bicyclic) bond motifs is 2. The van der Waals surface area contributed by atoms with Crippen LogP contribution in [0.3, 0.4) is 0 Å². The molecule has 2 aromatic carbocycles. The summed E-state index contributed by atoms with van der Waals surface area (Å²) in [5, 5.41) is 0.